The molecule has 2 heterocycles. The molecule has 6 heteroatoms. The molecule has 2 N–H and O–H groups in total. The highest BCUT2D eigenvalue weighted by Gasteiger charge is 2.30. The van der Waals surface area contributed by atoms with Crippen molar-refractivity contribution in [1.82, 2.24) is 15.1 Å². The van der Waals surface area contributed by atoms with Gasteiger partial charge in [0.25, 0.3) is 5.91 Å². The van der Waals surface area contributed by atoms with E-state index in [2.05, 4.69) is 24.0 Å². The lowest BCUT2D eigenvalue weighted by molar-refractivity contribution is 0.0550. The Morgan fingerprint density at radius 3 is 2.88 bits per heavy atom. The molecule has 1 fully saturated rings. The van der Waals surface area contributed by atoms with E-state index in [1.54, 1.807) is 0 Å². The maximum atomic E-state index is 12.1. The molecule has 0 spiro atoms. The third-order valence-corrected chi connectivity index (χ3v) is 4.00. The quantitative estimate of drug-likeness (QED) is 0.805. The van der Waals surface area contributed by atoms with Gasteiger partial charge in [-0.1, -0.05) is 18.3 Å². The van der Waals surface area contributed by atoms with Crippen LogP contribution in [0.3, 0.4) is 0 Å². The Labute approximate surface area is 98.7 Å². The zero-order chi connectivity index (χ0) is 11.7. The molecule has 1 amide bonds. The summed E-state index contributed by atoms with van der Waals surface area (Å²) in [5.74, 6) is 0.510. The molecule has 0 aliphatic carbocycles. The third-order valence-electron chi connectivity index (χ3n) is 3.26. The lowest BCUT2D eigenvalue weighted by atomic mass is 9.92. The predicted molar refractivity (Wildman–Crippen MR) is 63.2 cm³/mol. The van der Waals surface area contributed by atoms with Crippen LogP contribution in [0.4, 0.5) is 5.13 Å². The summed E-state index contributed by atoms with van der Waals surface area (Å²) in [4.78, 5) is 14.0. The topological polar surface area (TPSA) is 72.1 Å². The number of aromatic nitrogens is 2. The molecule has 2 atom stereocenters. The molecule has 1 saturated heterocycles. The van der Waals surface area contributed by atoms with Crippen LogP contribution in [0.2, 0.25) is 0 Å². The molecular formula is C10H16N4OS. The van der Waals surface area contributed by atoms with Gasteiger partial charge in [-0.25, -0.2) is 0 Å². The number of hydrogen-bond acceptors (Lipinski definition) is 5. The lowest BCUT2D eigenvalue weighted by Crippen LogP contribution is -2.46. The first kappa shape index (κ1) is 11.3. The van der Waals surface area contributed by atoms with Gasteiger partial charge in [0.2, 0.25) is 10.1 Å². The first-order valence-corrected chi connectivity index (χ1v) is 6.31. The van der Waals surface area contributed by atoms with Crippen LogP contribution in [0.5, 0.6) is 0 Å². The van der Waals surface area contributed by atoms with Crippen LogP contribution in [0.25, 0.3) is 0 Å². The second-order valence-electron chi connectivity index (χ2n) is 4.30. The van der Waals surface area contributed by atoms with Gasteiger partial charge in [0.15, 0.2) is 0 Å². The number of amides is 1. The number of nitrogen functional groups attached to an aromatic ring is 1. The van der Waals surface area contributed by atoms with Gasteiger partial charge in [0.1, 0.15) is 0 Å². The van der Waals surface area contributed by atoms with Gasteiger partial charge in [0, 0.05) is 12.6 Å². The Morgan fingerprint density at radius 1 is 1.50 bits per heavy atom. The van der Waals surface area contributed by atoms with E-state index in [-0.39, 0.29) is 11.9 Å². The normalized spacial score (nSPS) is 25.8. The van der Waals surface area contributed by atoms with Crippen LogP contribution in [-0.2, 0) is 0 Å². The number of hydrogen-bond donors (Lipinski definition) is 1. The standard InChI is InChI=1S/C10H16N4OS/c1-6-4-3-5-14(7(6)2)9(15)8-12-13-10(11)16-8/h6-7H,3-5H2,1-2H3,(H2,11,13). The SMILES string of the molecule is CC1CCCN(C(=O)c2nnc(N)s2)C1C. The molecule has 88 valence electrons. The predicted octanol–water partition coefficient (Wildman–Crippen LogP) is 1.38. The lowest BCUT2D eigenvalue weighted by Gasteiger charge is -2.37. The molecule has 1 aliphatic heterocycles. The summed E-state index contributed by atoms with van der Waals surface area (Å²) >= 11 is 1.16. The van der Waals surface area contributed by atoms with Gasteiger partial charge in [-0.15, -0.1) is 10.2 Å². The number of nitrogens with two attached hydrogens (primary N) is 1. The summed E-state index contributed by atoms with van der Waals surface area (Å²) in [6, 6.07) is 0.270. The van der Waals surface area contributed by atoms with Crippen molar-refractivity contribution in [3.05, 3.63) is 5.01 Å². The molecule has 1 aliphatic rings. The average molecular weight is 240 g/mol. The third kappa shape index (κ3) is 2.02. The van der Waals surface area contributed by atoms with E-state index >= 15 is 0 Å². The molecule has 5 nitrogen and oxygen atoms in total. The minimum atomic E-state index is -0.0340. The number of piperidine rings is 1. The van der Waals surface area contributed by atoms with Crippen LogP contribution in [-0.4, -0.2) is 33.6 Å². The van der Waals surface area contributed by atoms with E-state index in [1.165, 1.54) is 6.42 Å². The Bertz CT molecular complexity index is 392. The Balaban J connectivity index is 2.15. The largest absolute Gasteiger partial charge is 0.374 e. The summed E-state index contributed by atoms with van der Waals surface area (Å²) in [5, 5.41) is 8.23. The number of carbonyl (C=O) groups is 1. The Hall–Kier alpha value is -1.17. The maximum Gasteiger partial charge on any atom is 0.285 e. The molecule has 2 rings (SSSR count). The van der Waals surface area contributed by atoms with E-state index < -0.39 is 0 Å². The number of carbonyl (C=O) groups excluding carboxylic acids is 1. The van der Waals surface area contributed by atoms with Gasteiger partial charge >= 0.3 is 0 Å². The van der Waals surface area contributed by atoms with E-state index in [1.807, 2.05) is 4.90 Å². The van der Waals surface area contributed by atoms with Crippen LogP contribution in [0, 0.1) is 5.92 Å². The fraction of sp³-hybridized carbons (Fsp3) is 0.700. The molecular weight excluding hydrogens is 224 g/mol. The van der Waals surface area contributed by atoms with Gasteiger partial charge in [0.05, 0.1) is 0 Å². The Morgan fingerprint density at radius 2 is 2.25 bits per heavy atom. The van der Waals surface area contributed by atoms with Crippen LogP contribution in [0.15, 0.2) is 0 Å². The monoisotopic (exact) mass is 240 g/mol. The first-order valence-electron chi connectivity index (χ1n) is 5.49. The van der Waals surface area contributed by atoms with Gasteiger partial charge < -0.3 is 10.6 Å². The summed E-state index contributed by atoms with van der Waals surface area (Å²) in [6.45, 7) is 5.08. The van der Waals surface area contributed by atoms with Crippen molar-refractivity contribution in [1.29, 1.82) is 0 Å². The van der Waals surface area contributed by atoms with Crippen molar-refractivity contribution >= 4 is 22.4 Å². The number of nitrogens with zero attached hydrogens (tertiary/aromatic N) is 3. The van der Waals surface area contributed by atoms with Gasteiger partial charge in [-0.3, -0.25) is 4.79 Å². The second kappa shape index (κ2) is 4.37. The van der Waals surface area contributed by atoms with Gasteiger partial charge in [-0.2, -0.15) is 0 Å². The molecule has 2 unspecified atom stereocenters. The highest BCUT2D eigenvalue weighted by molar-refractivity contribution is 7.16. The number of rotatable bonds is 1. The van der Waals surface area contributed by atoms with Crippen molar-refractivity contribution in [3.63, 3.8) is 0 Å². The number of likely N-dealkylation sites (tertiary alicyclic amines) is 1. The zero-order valence-electron chi connectivity index (χ0n) is 9.51. The highest BCUT2D eigenvalue weighted by atomic mass is 32.1. The summed E-state index contributed by atoms with van der Waals surface area (Å²) in [7, 11) is 0. The van der Waals surface area contributed by atoms with Crippen molar-refractivity contribution < 1.29 is 4.79 Å². The minimum absolute atomic E-state index is 0.0340. The Kier molecular flexibility index (Phi) is 3.09. The summed E-state index contributed by atoms with van der Waals surface area (Å²) < 4.78 is 0. The maximum absolute atomic E-state index is 12.1. The fourth-order valence-corrected chi connectivity index (χ4v) is 2.63. The van der Waals surface area contributed by atoms with Crippen LogP contribution in [0.1, 0.15) is 36.5 Å². The fourth-order valence-electron chi connectivity index (χ4n) is 2.07. The summed E-state index contributed by atoms with van der Waals surface area (Å²) in [6.07, 6.45) is 2.24. The molecule has 0 saturated carbocycles. The summed E-state index contributed by atoms with van der Waals surface area (Å²) in [5.41, 5.74) is 5.48. The average Bonchev–Trinajstić information content (AvgIpc) is 2.68. The molecule has 0 radical (unpaired) electrons. The van der Waals surface area contributed by atoms with Crippen LogP contribution < -0.4 is 5.73 Å². The molecule has 0 aromatic carbocycles. The van der Waals surface area contributed by atoms with E-state index in [0.717, 1.165) is 24.3 Å². The van der Waals surface area contributed by atoms with Crippen molar-refractivity contribution in [2.45, 2.75) is 32.7 Å². The van der Waals surface area contributed by atoms with E-state index in [0.29, 0.717) is 16.1 Å². The van der Waals surface area contributed by atoms with Crippen LogP contribution >= 0.6 is 11.3 Å². The van der Waals surface area contributed by atoms with Crippen molar-refractivity contribution in [2.75, 3.05) is 12.3 Å². The highest BCUT2D eigenvalue weighted by Crippen LogP contribution is 2.25. The molecule has 0 bridgehead atoms. The van der Waals surface area contributed by atoms with E-state index in [9.17, 15) is 4.79 Å². The van der Waals surface area contributed by atoms with Gasteiger partial charge in [-0.05, 0) is 25.7 Å². The minimum Gasteiger partial charge on any atom is -0.374 e. The second-order valence-corrected chi connectivity index (χ2v) is 5.31. The first-order chi connectivity index (χ1) is 7.59. The van der Waals surface area contributed by atoms with E-state index in [4.69, 9.17) is 5.73 Å². The van der Waals surface area contributed by atoms with Crippen molar-refractivity contribution in [2.24, 2.45) is 5.92 Å². The molecule has 1 aromatic rings. The van der Waals surface area contributed by atoms with Crippen molar-refractivity contribution in [3.8, 4) is 0 Å². The molecule has 1 aromatic heterocycles. The number of anilines is 1. The molecule has 16 heavy (non-hydrogen) atoms. The smallest absolute Gasteiger partial charge is 0.285 e. The zero-order valence-corrected chi connectivity index (χ0v) is 10.3.